The van der Waals surface area contributed by atoms with Gasteiger partial charge in [0.25, 0.3) is 0 Å². The van der Waals surface area contributed by atoms with Crippen molar-refractivity contribution in [3.8, 4) is 0 Å². The van der Waals surface area contributed by atoms with Gasteiger partial charge in [-0.25, -0.2) is 4.79 Å². The molecule has 0 radical (unpaired) electrons. The topological polar surface area (TPSA) is 85.2 Å². The SMILES string of the molecule is CN=CC(C(=O)OC)=C(O)CC(=O)OC. The van der Waals surface area contributed by atoms with E-state index in [1.165, 1.54) is 14.2 Å². The van der Waals surface area contributed by atoms with Crippen LogP contribution in [0.15, 0.2) is 16.3 Å². The fraction of sp³-hybridized carbons (Fsp3) is 0.444. The Morgan fingerprint density at radius 1 is 1.33 bits per heavy atom. The largest absolute Gasteiger partial charge is 0.511 e. The van der Waals surface area contributed by atoms with E-state index in [4.69, 9.17) is 0 Å². The molecule has 0 aliphatic heterocycles. The van der Waals surface area contributed by atoms with Crippen LogP contribution in [-0.4, -0.2) is 44.5 Å². The van der Waals surface area contributed by atoms with Crippen molar-refractivity contribution in [3.63, 3.8) is 0 Å². The summed E-state index contributed by atoms with van der Waals surface area (Å²) < 4.78 is 8.73. The lowest BCUT2D eigenvalue weighted by Crippen LogP contribution is -2.12. The van der Waals surface area contributed by atoms with E-state index in [2.05, 4.69) is 14.5 Å². The molecule has 6 heteroatoms. The van der Waals surface area contributed by atoms with Crippen LogP contribution in [0, 0.1) is 0 Å². The van der Waals surface area contributed by atoms with Crippen LogP contribution < -0.4 is 0 Å². The maximum absolute atomic E-state index is 11.1. The number of esters is 2. The summed E-state index contributed by atoms with van der Waals surface area (Å²) in [5.74, 6) is -1.85. The lowest BCUT2D eigenvalue weighted by molar-refractivity contribution is -0.140. The molecule has 0 saturated heterocycles. The second kappa shape index (κ2) is 6.58. The normalized spacial score (nSPS) is 12.2. The van der Waals surface area contributed by atoms with Crippen molar-refractivity contribution in [1.82, 2.24) is 0 Å². The Morgan fingerprint density at radius 3 is 2.33 bits per heavy atom. The van der Waals surface area contributed by atoms with Crippen LogP contribution in [-0.2, 0) is 19.1 Å². The van der Waals surface area contributed by atoms with Gasteiger partial charge in [0.2, 0.25) is 0 Å². The summed E-state index contributed by atoms with van der Waals surface area (Å²) in [7, 11) is 3.77. The number of hydrogen-bond donors (Lipinski definition) is 1. The van der Waals surface area contributed by atoms with E-state index in [-0.39, 0.29) is 5.57 Å². The van der Waals surface area contributed by atoms with Gasteiger partial charge in [-0.15, -0.1) is 0 Å². The predicted molar refractivity (Wildman–Crippen MR) is 52.7 cm³/mol. The van der Waals surface area contributed by atoms with Crippen molar-refractivity contribution < 1.29 is 24.2 Å². The van der Waals surface area contributed by atoms with Crippen LogP contribution in [0.25, 0.3) is 0 Å². The van der Waals surface area contributed by atoms with Crippen molar-refractivity contribution in [2.45, 2.75) is 6.42 Å². The Labute approximate surface area is 87.2 Å². The molecule has 0 aromatic rings. The highest BCUT2D eigenvalue weighted by Gasteiger charge is 2.16. The van der Waals surface area contributed by atoms with Crippen molar-refractivity contribution in [2.75, 3.05) is 21.3 Å². The van der Waals surface area contributed by atoms with Crippen LogP contribution in [0.5, 0.6) is 0 Å². The predicted octanol–water partition coefficient (Wildman–Crippen LogP) is 0.235. The first kappa shape index (κ1) is 13.2. The third-order valence-electron chi connectivity index (χ3n) is 1.51. The Hall–Kier alpha value is -1.85. The molecular weight excluding hydrogens is 202 g/mol. The third kappa shape index (κ3) is 4.26. The summed E-state index contributed by atoms with van der Waals surface area (Å²) in [5.41, 5.74) is -0.162. The van der Waals surface area contributed by atoms with Gasteiger partial charge in [-0.3, -0.25) is 9.79 Å². The van der Waals surface area contributed by atoms with Gasteiger partial charge in [0.1, 0.15) is 17.8 Å². The molecule has 0 rings (SSSR count). The zero-order valence-electron chi connectivity index (χ0n) is 8.81. The zero-order chi connectivity index (χ0) is 11.8. The van der Waals surface area contributed by atoms with Crippen LogP contribution >= 0.6 is 0 Å². The Balaban J connectivity index is 4.91. The monoisotopic (exact) mass is 215 g/mol. The molecule has 0 spiro atoms. The number of carbonyl (C=O) groups is 2. The van der Waals surface area contributed by atoms with Crippen LogP contribution in [0.3, 0.4) is 0 Å². The smallest absolute Gasteiger partial charge is 0.342 e. The Kier molecular flexibility index (Phi) is 5.77. The number of carbonyl (C=O) groups excluding carboxylic acids is 2. The average molecular weight is 215 g/mol. The van der Waals surface area contributed by atoms with Gasteiger partial charge in [0.15, 0.2) is 0 Å². The number of aliphatic hydroxyl groups excluding tert-OH is 1. The lowest BCUT2D eigenvalue weighted by atomic mass is 10.2. The number of ether oxygens (including phenoxy) is 2. The van der Waals surface area contributed by atoms with Crippen molar-refractivity contribution in [2.24, 2.45) is 4.99 Å². The van der Waals surface area contributed by atoms with Gasteiger partial charge in [-0.1, -0.05) is 0 Å². The Bertz CT molecular complexity index is 306. The first-order valence-corrected chi connectivity index (χ1v) is 4.06. The molecule has 0 atom stereocenters. The molecule has 84 valence electrons. The fourth-order valence-electron chi connectivity index (χ4n) is 0.788. The molecule has 0 aliphatic rings. The molecule has 0 fully saturated rings. The van der Waals surface area contributed by atoms with E-state index >= 15 is 0 Å². The van der Waals surface area contributed by atoms with Gasteiger partial charge < -0.3 is 14.6 Å². The summed E-state index contributed by atoms with van der Waals surface area (Å²) in [4.78, 5) is 25.5. The second-order valence-electron chi connectivity index (χ2n) is 2.49. The molecular formula is C9H13NO5. The Morgan fingerprint density at radius 2 is 1.93 bits per heavy atom. The number of rotatable bonds is 4. The van der Waals surface area contributed by atoms with Crippen molar-refractivity contribution in [1.29, 1.82) is 0 Å². The number of aliphatic imine (C=N–C) groups is 1. The maximum atomic E-state index is 11.1. The van der Waals surface area contributed by atoms with E-state index < -0.39 is 24.1 Å². The van der Waals surface area contributed by atoms with Gasteiger partial charge >= 0.3 is 11.9 Å². The average Bonchev–Trinajstić information content (AvgIpc) is 2.24. The first-order chi connectivity index (χ1) is 7.06. The summed E-state index contributed by atoms with van der Waals surface area (Å²) in [5, 5.41) is 9.43. The molecule has 0 aliphatic carbocycles. The molecule has 0 amide bonds. The minimum Gasteiger partial charge on any atom is -0.511 e. The van der Waals surface area contributed by atoms with Crippen LogP contribution in [0.2, 0.25) is 0 Å². The molecule has 15 heavy (non-hydrogen) atoms. The van der Waals surface area contributed by atoms with E-state index in [1.54, 1.807) is 0 Å². The highest BCUT2D eigenvalue weighted by molar-refractivity contribution is 6.10. The summed E-state index contributed by atoms with van der Waals surface area (Å²) in [6, 6.07) is 0. The number of aliphatic hydroxyl groups is 1. The summed E-state index contributed by atoms with van der Waals surface area (Å²) in [6.45, 7) is 0. The number of nitrogens with zero attached hydrogens (tertiary/aromatic N) is 1. The molecule has 0 saturated carbocycles. The minimum atomic E-state index is -0.762. The molecule has 0 aromatic heterocycles. The van der Waals surface area contributed by atoms with Gasteiger partial charge in [0.05, 0.1) is 14.2 Å². The molecule has 0 aromatic carbocycles. The van der Waals surface area contributed by atoms with Crippen molar-refractivity contribution >= 4 is 18.2 Å². The van der Waals surface area contributed by atoms with E-state index in [1.807, 2.05) is 0 Å². The molecule has 0 bridgehead atoms. The lowest BCUT2D eigenvalue weighted by Gasteiger charge is -2.03. The number of methoxy groups -OCH3 is 2. The maximum Gasteiger partial charge on any atom is 0.342 e. The summed E-state index contributed by atoms with van der Waals surface area (Å²) in [6.07, 6.45) is 0.719. The highest BCUT2D eigenvalue weighted by atomic mass is 16.5. The zero-order valence-corrected chi connectivity index (χ0v) is 8.81. The van der Waals surface area contributed by atoms with E-state index in [0.717, 1.165) is 13.3 Å². The first-order valence-electron chi connectivity index (χ1n) is 4.06. The standard InChI is InChI=1S/C9H13NO5/c1-10-5-6(9(13)15-3)7(11)4-8(12)14-2/h5,11H,4H2,1-3H3. The quantitative estimate of drug-likeness (QED) is 0.314. The fourth-order valence-corrected chi connectivity index (χ4v) is 0.788. The number of hydrogen-bond acceptors (Lipinski definition) is 6. The minimum absolute atomic E-state index is 0.162. The molecule has 6 nitrogen and oxygen atoms in total. The van der Waals surface area contributed by atoms with E-state index in [0.29, 0.717) is 0 Å². The van der Waals surface area contributed by atoms with Gasteiger partial charge in [0, 0.05) is 13.3 Å². The van der Waals surface area contributed by atoms with Crippen LogP contribution in [0.1, 0.15) is 6.42 Å². The molecule has 0 unspecified atom stereocenters. The second-order valence-corrected chi connectivity index (χ2v) is 2.49. The van der Waals surface area contributed by atoms with E-state index in [9.17, 15) is 14.7 Å². The van der Waals surface area contributed by atoms with Crippen molar-refractivity contribution in [3.05, 3.63) is 11.3 Å². The highest BCUT2D eigenvalue weighted by Crippen LogP contribution is 2.06. The van der Waals surface area contributed by atoms with Gasteiger partial charge in [-0.2, -0.15) is 0 Å². The third-order valence-corrected chi connectivity index (χ3v) is 1.51. The molecule has 0 heterocycles. The van der Waals surface area contributed by atoms with Gasteiger partial charge in [-0.05, 0) is 0 Å². The molecule has 1 N–H and O–H groups in total. The summed E-state index contributed by atoms with van der Waals surface area (Å²) >= 11 is 0. The van der Waals surface area contributed by atoms with Crippen LogP contribution in [0.4, 0.5) is 0 Å².